The minimum Gasteiger partial charge on any atom is -0.466 e. The van der Waals surface area contributed by atoms with Crippen LogP contribution in [0, 0.1) is 11.8 Å². The van der Waals surface area contributed by atoms with Crippen molar-refractivity contribution in [3.8, 4) is 0 Å². The second-order valence-electron chi connectivity index (χ2n) is 4.17. The molecule has 1 aliphatic carbocycles. The standard InChI is InChI=1S/C11H21NO2/c1-2-9(8-12)7-11(13)14-6-5-10-3-4-10/h9-10H,2-8,12H2,1H3. The smallest absolute Gasteiger partial charge is 0.306 e. The van der Waals surface area contributed by atoms with Gasteiger partial charge in [0.2, 0.25) is 0 Å². The first-order valence-corrected chi connectivity index (χ1v) is 5.62. The summed E-state index contributed by atoms with van der Waals surface area (Å²) in [4.78, 5) is 11.3. The predicted octanol–water partition coefficient (Wildman–Crippen LogP) is 1.70. The van der Waals surface area contributed by atoms with Gasteiger partial charge in [-0.2, -0.15) is 0 Å². The molecule has 14 heavy (non-hydrogen) atoms. The Morgan fingerprint density at radius 2 is 2.29 bits per heavy atom. The van der Waals surface area contributed by atoms with Crippen LogP contribution in [0.15, 0.2) is 0 Å². The predicted molar refractivity (Wildman–Crippen MR) is 55.8 cm³/mol. The summed E-state index contributed by atoms with van der Waals surface area (Å²) < 4.78 is 5.13. The van der Waals surface area contributed by atoms with Gasteiger partial charge in [0, 0.05) is 6.42 Å². The van der Waals surface area contributed by atoms with Crippen LogP contribution >= 0.6 is 0 Å². The molecule has 3 nitrogen and oxygen atoms in total. The molecule has 82 valence electrons. The highest BCUT2D eigenvalue weighted by atomic mass is 16.5. The zero-order valence-corrected chi connectivity index (χ0v) is 9.00. The van der Waals surface area contributed by atoms with E-state index in [9.17, 15) is 4.79 Å². The van der Waals surface area contributed by atoms with Crippen molar-refractivity contribution in [2.24, 2.45) is 17.6 Å². The average Bonchev–Trinajstić information content (AvgIpc) is 2.98. The molecule has 1 unspecified atom stereocenters. The van der Waals surface area contributed by atoms with Crippen LogP contribution in [-0.2, 0) is 9.53 Å². The van der Waals surface area contributed by atoms with E-state index in [4.69, 9.17) is 10.5 Å². The van der Waals surface area contributed by atoms with Crippen molar-refractivity contribution in [1.29, 1.82) is 0 Å². The van der Waals surface area contributed by atoms with Gasteiger partial charge in [0.05, 0.1) is 6.61 Å². The number of hydrogen-bond donors (Lipinski definition) is 1. The van der Waals surface area contributed by atoms with Crippen molar-refractivity contribution in [3.05, 3.63) is 0 Å². The lowest BCUT2D eigenvalue weighted by Gasteiger charge is -2.11. The van der Waals surface area contributed by atoms with Gasteiger partial charge in [-0.3, -0.25) is 4.79 Å². The summed E-state index contributed by atoms with van der Waals surface area (Å²) in [7, 11) is 0. The molecule has 0 amide bonds. The Balaban J connectivity index is 2.01. The van der Waals surface area contributed by atoms with Gasteiger partial charge < -0.3 is 10.5 Å². The SMILES string of the molecule is CCC(CN)CC(=O)OCCC1CC1. The van der Waals surface area contributed by atoms with E-state index in [0.717, 1.165) is 18.8 Å². The van der Waals surface area contributed by atoms with Gasteiger partial charge in [0.15, 0.2) is 0 Å². The molecule has 0 aromatic rings. The summed E-state index contributed by atoms with van der Waals surface area (Å²) in [6, 6.07) is 0. The summed E-state index contributed by atoms with van der Waals surface area (Å²) in [6.45, 7) is 3.23. The van der Waals surface area contributed by atoms with E-state index in [2.05, 4.69) is 6.92 Å². The van der Waals surface area contributed by atoms with E-state index in [1.165, 1.54) is 12.8 Å². The molecule has 0 spiro atoms. The molecule has 1 rings (SSSR count). The van der Waals surface area contributed by atoms with Crippen LogP contribution in [0.2, 0.25) is 0 Å². The zero-order chi connectivity index (χ0) is 10.4. The Bertz CT molecular complexity index is 174. The van der Waals surface area contributed by atoms with Crippen molar-refractivity contribution >= 4 is 5.97 Å². The summed E-state index contributed by atoms with van der Waals surface area (Å²) in [5, 5.41) is 0. The fourth-order valence-corrected chi connectivity index (χ4v) is 1.43. The molecular formula is C11H21NO2. The largest absolute Gasteiger partial charge is 0.466 e. The molecule has 1 atom stereocenters. The summed E-state index contributed by atoms with van der Waals surface area (Å²) in [5.41, 5.74) is 5.51. The van der Waals surface area contributed by atoms with Crippen LogP contribution in [0.25, 0.3) is 0 Å². The van der Waals surface area contributed by atoms with Crippen molar-refractivity contribution in [2.45, 2.75) is 39.0 Å². The minimum atomic E-state index is -0.0806. The third-order valence-corrected chi connectivity index (χ3v) is 2.85. The lowest BCUT2D eigenvalue weighted by Crippen LogP contribution is -2.19. The van der Waals surface area contributed by atoms with Crippen LogP contribution < -0.4 is 5.73 Å². The number of ether oxygens (including phenoxy) is 1. The van der Waals surface area contributed by atoms with E-state index in [0.29, 0.717) is 25.5 Å². The minimum absolute atomic E-state index is 0.0806. The molecule has 0 aromatic heterocycles. The maximum Gasteiger partial charge on any atom is 0.306 e. The summed E-state index contributed by atoms with van der Waals surface area (Å²) in [6.07, 6.45) is 5.12. The van der Waals surface area contributed by atoms with Crippen LogP contribution in [0.4, 0.5) is 0 Å². The third-order valence-electron chi connectivity index (χ3n) is 2.85. The first kappa shape index (κ1) is 11.5. The fraction of sp³-hybridized carbons (Fsp3) is 0.909. The highest BCUT2D eigenvalue weighted by molar-refractivity contribution is 5.69. The maximum absolute atomic E-state index is 11.3. The molecule has 0 aliphatic heterocycles. The molecule has 3 heteroatoms. The molecule has 0 radical (unpaired) electrons. The Labute approximate surface area is 86.0 Å². The second kappa shape index (κ2) is 6.02. The number of nitrogens with two attached hydrogens (primary N) is 1. The van der Waals surface area contributed by atoms with Crippen LogP contribution in [0.3, 0.4) is 0 Å². The van der Waals surface area contributed by atoms with E-state index in [1.807, 2.05) is 0 Å². The van der Waals surface area contributed by atoms with Crippen LogP contribution in [-0.4, -0.2) is 19.1 Å². The highest BCUT2D eigenvalue weighted by Crippen LogP contribution is 2.32. The number of carbonyl (C=O) groups excluding carboxylic acids is 1. The highest BCUT2D eigenvalue weighted by Gasteiger charge is 2.21. The Kier molecular flexibility index (Phi) is 4.94. The van der Waals surface area contributed by atoms with E-state index in [1.54, 1.807) is 0 Å². The van der Waals surface area contributed by atoms with E-state index < -0.39 is 0 Å². The number of rotatable bonds is 7. The molecule has 1 aliphatic rings. The molecule has 0 heterocycles. The Morgan fingerprint density at radius 1 is 1.57 bits per heavy atom. The lowest BCUT2D eigenvalue weighted by molar-refractivity contribution is -0.144. The number of esters is 1. The van der Waals surface area contributed by atoms with Crippen molar-refractivity contribution in [1.82, 2.24) is 0 Å². The third kappa shape index (κ3) is 4.61. The van der Waals surface area contributed by atoms with Gasteiger partial charge in [0.25, 0.3) is 0 Å². The van der Waals surface area contributed by atoms with E-state index >= 15 is 0 Å². The van der Waals surface area contributed by atoms with Crippen LogP contribution in [0.5, 0.6) is 0 Å². The molecule has 1 fully saturated rings. The topological polar surface area (TPSA) is 52.3 Å². The second-order valence-corrected chi connectivity index (χ2v) is 4.17. The molecule has 0 aromatic carbocycles. The first-order chi connectivity index (χ1) is 6.76. The Morgan fingerprint density at radius 3 is 2.79 bits per heavy atom. The number of carbonyl (C=O) groups is 1. The monoisotopic (exact) mass is 199 g/mol. The average molecular weight is 199 g/mol. The molecular weight excluding hydrogens is 178 g/mol. The van der Waals surface area contributed by atoms with Gasteiger partial charge in [-0.1, -0.05) is 26.2 Å². The van der Waals surface area contributed by atoms with Crippen LogP contribution in [0.1, 0.15) is 39.0 Å². The quantitative estimate of drug-likeness (QED) is 0.635. The number of hydrogen-bond acceptors (Lipinski definition) is 3. The Hall–Kier alpha value is -0.570. The van der Waals surface area contributed by atoms with Gasteiger partial charge in [0.1, 0.15) is 0 Å². The summed E-state index contributed by atoms with van der Waals surface area (Å²) >= 11 is 0. The first-order valence-electron chi connectivity index (χ1n) is 5.62. The van der Waals surface area contributed by atoms with Gasteiger partial charge >= 0.3 is 5.97 Å². The van der Waals surface area contributed by atoms with Gasteiger partial charge in [-0.05, 0) is 24.8 Å². The van der Waals surface area contributed by atoms with Crippen molar-refractivity contribution < 1.29 is 9.53 Å². The van der Waals surface area contributed by atoms with E-state index in [-0.39, 0.29) is 5.97 Å². The fourth-order valence-electron chi connectivity index (χ4n) is 1.43. The molecule has 0 bridgehead atoms. The van der Waals surface area contributed by atoms with Gasteiger partial charge in [-0.25, -0.2) is 0 Å². The molecule has 0 saturated heterocycles. The zero-order valence-electron chi connectivity index (χ0n) is 9.00. The maximum atomic E-state index is 11.3. The van der Waals surface area contributed by atoms with Crippen molar-refractivity contribution in [3.63, 3.8) is 0 Å². The van der Waals surface area contributed by atoms with Gasteiger partial charge in [-0.15, -0.1) is 0 Å². The lowest BCUT2D eigenvalue weighted by atomic mass is 10.0. The molecule has 2 N–H and O–H groups in total. The van der Waals surface area contributed by atoms with Crippen molar-refractivity contribution in [2.75, 3.05) is 13.2 Å². The molecule has 1 saturated carbocycles. The normalized spacial score (nSPS) is 17.9. The summed E-state index contributed by atoms with van der Waals surface area (Å²) in [5.74, 6) is 1.05.